The third kappa shape index (κ3) is 2.86. The Morgan fingerprint density at radius 2 is 1.71 bits per heavy atom. The van der Waals surface area contributed by atoms with Crippen molar-refractivity contribution in [2.24, 2.45) is 0 Å². The number of nitrogens with one attached hydrogen (secondary N) is 1. The predicted octanol–water partition coefficient (Wildman–Crippen LogP) is 3.70. The lowest BCUT2D eigenvalue weighted by Gasteiger charge is -2.08. The minimum atomic E-state index is -0.153. The van der Waals surface area contributed by atoms with Gasteiger partial charge in [-0.3, -0.25) is 13.9 Å². The number of amides is 1. The van der Waals surface area contributed by atoms with Gasteiger partial charge in [-0.1, -0.05) is 12.1 Å². The highest BCUT2D eigenvalue weighted by Gasteiger charge is 2.13. The lowest BCUT2D eigenvalue weighted by molar-refractivity contribution is 0.102. The lowest BCUT2D eigenvalue weighted by atomic mass is 10.2. The second-order valence-corrected chi connectivity index (χ2v) is 6.57. The quantitative estimate of drug-likeness (QED) is 0.636. The van der Waals surface area contributed by atoms with E-state index in [1.807, 2.05) is 50.2 Å². The van der Waals surface area contributed by atoms with E-state index in [0.717, 1.165) is 14.6 Å². The molecule has 0 aliphatic carbocycles. The Hall–Kier alpha value is -2.09. The van der Waals surface area contributed by atoms with Gasteiger partial charge in [-0.2, -0.15) is 0 Å². The summed E-state index contributed by atoms with van der Waals surface area (Å²) >= 11 is 2.15. The maximum absolute atomic E-state index is 12.5. The number of hydrogen-bond donors (Lipinski definition) is 1. The molecule has 0 unspecified atom stereocenters. The zero-order chi connectivity index (χ0) is 17.3. The van der Waals surface area contributed by atoms with E-state index in [4.69, 9.17) is 0 Å². The molecule has 0 saturated carbocycles. The van der Waals surface area contributed by atoms with Crippen LogP contribution in [0.1, 0.15) is 24.2 Å². The maximum Gasteiger partial charge on any atom is 0.329 e. The molecular formula is C18H18IN3O2. The van der Waals surface area contributed by atoms with Crippen LogP contribution < -0.4 is 11.0 Å². The third-order valence-electron chi connectivity index (χ3n) is 4.03. The topological polar surface area (TPSA) is 56.0 Å². The van der Waals surface area contributed by atoms with E-state index in [1.165, 1.54) is 0 Å². The Kier molecular flexibility index (Phi) is 4.75. The van der Waals surface area contributed by atoms with Gasteiger partial charge >= 0.3 is 5.69 Å². The Labute approximate surface area is 153 Å². The summed E-state index contributed by atoms with van der Waals surface area (Å²) in [5.74, 6) is -0.153. The second-order valence-electron chi connectivity index (χ2n) is 5.41. The van der Waals surface area contributed by atoms with E-state index in [1.54, 1.807) is 15.2 Å². The van der Waals surface area contributed by atoms with E-state index < -0.39 is 0 Å². The van der Waals surface area contributed by atoms with Crippen LogP contribution in [0, 0.1) is 3.57 Å². The van der Waals surface area contributed by atoms with Crippen molar-refractivity contribution >= 4 is 45.2 Å². The summed E-state index contributed by atoms with van der Waals surface area (Å²) in [5.41, 5.74) is 3.03. The zero-order valence-corrected chi connectivity index (χ0v) is 15.7. The first-order valence-corrected chi connectivity index (χ1v) is 8.93. The van der Waals surface area contributed by atoms with Gasteiger partial charge in [0.15, 0.2) is 0 Å². The molecule has 0 spiro atoms. The standard InChI is InChI=1S/C18H18IN3O2/c1-3-21-15-10-9-12(11-16(15)22(4-2)18(21)24)20-17(23)13-7-5-6-8-14(13)19/h5-11H,3-4H2,1-2H3,(H,20,23). The highest BCUT2D eigenvalue weighted by atomic mass is 127. The van der Waals surface area contributed by atoms with Gasteiger partial charge in [-0.15, -0.1) is 0 Å². The summed E-state index contributed by atoms with van der Waals surface area (Å²) in [5, 5.41) is 2.92. The van der Waals surface area contributed by atoms with Gasteiger partial charge in [0.05, 0.1) is 16.6 Å². The van der Waals surface area contributed by atoms with Gasteiger partial charge in [0, 0.05) is 22.3 Å². The van der Waals surface area contributed by atoms with E-state index in [-0.39, 0.29) is 11.6 Å². The van der Waals surface area contributed by atoms with Gasteiger partial charge in [0.1, 0.15) is 0 Å². The van der Waals surface area contributed by atoms with Crippen molar-refractivity contribution in [1.82, 2.24) is 9.13 Å². The normalized spacial score (nSPS) is 11.0. The average molecular weight is 435 g/mol. The Morgan fingerprint density at radius 1 is 1.04 bits per heavy atom. The molecule has 0 fully saturated rings. The lowest BCUT2D eigenvalue weighted by Crippen LogP contribution is -2.23. The second kappa shape index (κ2) is 6.80. The Morgan fingerprint density at radius 3 is 2.38 bits per heavy atom. The van der Waals surface area contributed by atoms with Crippen molar-refractivity contribution in [2.75, 3.05) is 5.32 Å². The fourth-order valence-corrected chi connectivity index (χ4v) is 3.48. The van der Waals surface area contributed by atoms with E-state index in [2.05, 4.69) is 27.9 Å². The number of carbonyl (C=O) groups excluding carboxylic acids is 1. The minimum Gasteiger partial charge on any atom is -0.322 e. The van der Waals surface area contributed by atoms with Crippen molar-refractivity contribution in [3.8, 4) is 0 Å². The number of hydrogen-bond acceptors (Lipinski definition) is 2. The number of rotatable bonds is 4. The zero-order valence-electron chi connectivity index (χ0n) is 13.5. The van der Waals surface area contributed by atoms with Crippen LogP contribution in [0.2, 0.25) is 0 Å². The van der Waals surface area contributed by atoms with Crippen molar-refractivity contribution < 1.29 is 4.79 Å². The maximum atomic E-state index is 12.5. The summed E-state index contributed by atoms with van der Waals surface area (Å²) in [7, 11) is 0. The molecule has 0 saturated heterocycles. The molecule has 124 valence electrons. The highest BCUT2D eigenvalue weighted by molar-refractivity contribution is 14.1. The number of fused-ring (bicyclic) bond motifs is 1. The molecule has 3 aromatic rings. The van der Waals surface area contributed by atoms with Crippen molar-refractivity contribution in [3.63, 3.8) is 0 Å². The monoisotopic (exact) mass is 435 g/mol. The minimum absolute atomic E-state index is 0.0175. The third-order valence-corrected chi connectivity index (χ3v) is 4.97. The number of anilines is 1. The first-order valence-electron chi connectivity index (χ1n) is 7.85. The van der Waals surface area contributed by atoms with Gasteiger partial charge < -0.3 is 5.32 Å². The SMILES string of the molecule is CCn1c(=O)n(CC)c2cc(NC(=O)c3ccccc3I)ccc21. The molecule has 6 heteroatoms. The Balaban J connectivity index is 2.01. The number of aromatic nitrogens is 2. The molecule has 3 rings (SSSR count). The molecule has 5 nitrogen and oxygen atoms in total. The molecule has 0 aliphatic heterocycles. The number of benzene rings is 2. The number of aryl methyl sites for hydroxylation is 2. The fraction of sp³-hybridized carbons (Fsp3) is 0.222. The first-order chi connectivity index (χ1) is 11.6. The summed E-state index contributed by atoms with van der Waals surface area (Å²) in [6.45, 7) is 5.11. The summed E-state index contributed by atoms with van der Waals surface area (Å²) in [6.07, 6.45) is 0. The van der Waals surface area contributed by atoms with Crippen LogP contribution in [-0.4, -0.2) is 15.0 Å². The smallest absolute Gasteiger partial charge is 0.322 e. The largest absolute Gasteiger partial charge is 0.329 e. The highest BCUT2D eigenvalue weighted by Crippen LogP contribution is 2.20. The van der Waals surface area contributed by atoms with Crippen LogP contribution in [0.25, 0.3) is 11.0 Å². The van der Waals surface area contributed by atoms with Gasteiger partial charge in [0.2, 0.25) is 0 Å². The van der Waals surface area contributed by atoms with Gasteiger partial charge in [-0.05, 0) is 66.8 Å². The van der Waals surface area contributed by atoms with Crippen molar-refractivity contribution in [3.05, 3.63) is 62.1 Å². The van der Waals surface area contributed by atoms with Crippen LogP contribution in [0.5, 0.6) is 0 Å². The molecule has 2 aromatic carbocycles. The van der Waals surface area contributed by atoms with Crippen LogP contribution in [0.3, 0.4) is 0 Å². The number of nitrogens with zero attached hydrogens (tertiary/aromatic N) is 2. The van der Waals surface area contributed by atoms with Crippen molar-refractivity contribution in [1.29, 1.82) is 0 Å². The molecule has 1 N–H and O–H groups in total. The van der Waals surface area contributed by atoms with Crippen LogP contribution in [0.15, 0.2) is 47.3 Å². The fourth-order valence-electron chi connectivity index (χ4n) is 2.85. The van der Waals surface area contributed by atoms with E-state index in [0.29, 0.717) is 24.3 Å². The molecule has 1 amide bonds. The molecule has 1 aromatic heterocycles. The predicted molar refractivity (Wildman–Crippen MR) is 105 cm³/mol. The van der Waals surface area contributed by atoms with Gasteiger partial charge in [0.25, 0.3) is 5.91 Å². The van der Waals surface area contributed by atoms with Crippen molar-refractivity contribution in [2.45, 2.75) is 26.9 Å². The number of imidazole rings is 1. The number of halogens is 1. The van der Waals surface area contributed by atoms with Crippen LogP contribution in [0.4, 0.5) is 5.69 Å². The summed E-state index contributed by atoms with van der Waals surface area (Å²) < 4.78 is 4.36. The summed E-state index contributed by atoms with van der Waals surface area (Å²) in [6, 6.07) is 13.0. The van der Waals surface area contributed by atoms with Crippen LogP contribution in [-0.2, 0) is 13.1 Å². The molecule has 24 heavy (non-hydrogen) atoms. The van der Waals surface area contributed by atoms with Gasteiger partial charge in [-0.25, -0.2) is 4.79 Å². The number of carbonyl (C=O) groups is 1. The average Bonchev–Trinajstić information content (AvgIpc) is 2.85. The van der Waals surface area contributed by atoms with E-state index in [9.17, 15) is 9.59 Å². The molecular weight excluding hydrogens is 417 g/mol. The molecule has 0 bridgehead atoms. The first kappa shape index (κ1) is 16.8. The molecule has 0 atom stereocenters. The van der Waals surface area contributed by atoms with E-state index >= 15 is 0 Å². The summed E-state index contributed by atoms with van der Waals surface area (Å²) in [4.78, 5) is 24.9. The molecule has 1 heterocycles. The Bertz CT molecular complexity index is 972. The molecule has 0 aliphatic rings. The molecule has 0 radical (unpaired) electrons. The van der Waals surface area contributed by atoms with Crippen LogP contribution >= 0.6 is 22.6 Å².